The second kappa shape index (κ2) is 13.1. The largest absolute Gasteiger partial charge is 0.354 e. The van der Waals surface area contributed by atoms with Crippen LogP contribution in [-0.4, -0.2) is 57.1 Å². The van der Waals surface area contributed by atoms with E-state index in [9.17, 15) is 18.0 Å². The summed E-state index contributed by atoms with van der Waals surface area (Å²) < 4.78 is 27.3. The van der Waals surface area contributed by atoms with Gasteiger partial charge in [0, 0.05) is 17.6 Å². The van der Waals surface area contributed by atoms with Crippen LogP contribution in [0.25, 0.3) is 0 Å². The molecule has 2 aromatic carbocycles. The zero-order chi connectivity index (χ0) is 26.2. The predicted molar refractivity (Wildman–Crippen MR) is 145 cm³/mol. The molecular formula is C26H36BrN3O4S. The van der Waals surface area contributed by atoms with Gasteiger partial charge in [-0.1, -0.05) is 67.0 Å². The number of nitrogens with one attached hydrogen (secondary N) is 1. The third kappa shape index (κ3) is 8.65. The fourth-order valence-corrected chi connectivity index (χ4v) is 4.80. The molecule has 0 heterocycles. The van der Waals surface area contributed by atoms with Crippen LogP contribution in [0, 0.1) is 12.8 Å². The molecule has 35 heavy (non-hydrogen) atoms. The summed E-state index contributed by atoms with van der Waals surface area (Å²) in [6.45, 7) is 8.14. The normalized spacial score (nSPS) is 12.3. The van der Waals surface area contributed by atoms with Gasteiger partial charge >= 0.3 is 0 Å². The van der Waals surface area contributed by atoms with E-state index in [1.165, 1.54) is 4.90 Å². The number of amides is 2. The van der Waals surface area contributed by atoms with Gasteiger partial charge in [0.1, 0.15) is 12.6 Å². The summed E-state index contributed by atoms with van der Waals surface area (Å²) in [6.07, 6.45) is 2.05. The van der Waals surface area contributed by atoms with Gasteiger partial charge in [0.05, 0.1) is 11.9 Å². The van der Waals surface area contributed by atoms with Crippen molar-refractivity contribution in [3.05, 3.63) is 64.1 Å². The number of anilines is 1. The molecule has 0 radical (unpaired) electrons. The van der Waals surface area contributed by atoms with Crippen molar-refractivity contribution in [1.82, 2.24) is 10.2 Å². The summed E-state index contributed by atoms with van der Waals surface area (Å²) in [5.41, 5.74) is 2.29. The van der Waals surface area contributed by atoms with E-state index in [2.05, 4.69) is 21.2 Å². The third-order valence-corrected chi connectivity index (χ3v) is 7.69. The molecule has 0 saturated carbocycles. The second-order valence-corrected chi connectivity index (χ2v) is 11.9. The monoisotopic (exact) mass is 565 g/mol. The summed E-state index contributed by atoms with van der Waals surface area (Å²) >= 11 is 3.43. The van der Waals surface area contributed by atoms with Crippen LogP contribution in [0.3, 0.4) is 0 Å². The predicted octanol–water partition coefficient (Wildman–Crippen LogP) is 4.15. The van der Waals surface area contributed by atoms with E-state index in [4.69, 9.17) is 0 Å². The van der Waals surface area contributed by atoms with E-state index in [1.54, 1.807) is 18.2 Å². The molecule has 0 unspecified atom stereocenters. The Labute approximate surface area is 218 Å². The lowest BCUT2D eigenvalue weighted by atomic mass is 10.1. The highest BCUT2D eigenvalue weighted by molar-refractivity contribution is 9.10. The van der Waals surface area contributed by atoms with Crippen molar-refractivity contribution in [2.75, 3.05) is 30.2 Å². The zero-order valence-electron chi connectivity index (χ0n) is 21.1. The molecule has 0 aromatic heterocycles. The summed E-state index contributed by atoms with van der Waals surface area (Å²) in [7, 11) is -3.75. The number of hydrogen-bond donors (Lipinski definition) is 1. The van der Waals surface area contributed by atoms with E-state index < -0.39 is 22.0 Å². The smallest absolute Gasteiger partial charge is 0.244 e. The van der Waals surface area contributed by atoms with Gasteiger partial charge in [-0.3, -0.25) is 13.9 Å². The summed E-state index contributed by atoms with van der Waals surface area (Å²) in [4.78, 5) is 28.2. The number of sulfonamides is 1. The average molecular weight is 567 g/mol. The fourth-order valence-electron chi connectivity index (χ4n) is 3.72. The van der Waals surface area contributed by atoms with Gasteiger partial charge in [-0.2, -0.15) is 0 Å². The SMILES string of the molecule is CC[C@H](C(=O)NCC(C)C)N(CCc1ccccc1)C(=O)CN(c1ccc(Br)c(C)c1)S(C)(=O)=O. The van der Waals surface area contributed by atoms with Crippen LogP contribution >= 0.6 is 15.9 Å². The van der Waals surface area contributed by atoms with Crippen LogP contribution in [0.15, 0.2) is 53.0 Å². The molecule has 0 spiro atoms. The molecule has 0 saturated heterocycles. The van der Waals surface area contributed by atoms with E-state index in [0.29, 0.717) is 31.6 Å². The minimum absolute atomic E-state index is 0.229. The number of halogens is 1. The standard InChI is InChI=1S/C26H36BrN3O4S/c1-6-24(26(32)28-17-19(2)3)29(15-14-21-10-8-7-9-11-21)25(31)18-30(35(5,33)34)22-12-13-23(27)20(4)16-22/h7-13,16,19,24H,6,14-15,17-18H2,1-5H3,(H,28,32)/t24-/m1/s1. The number of carbonyl (C=O) groups excluding carboxylic acids is 2. The maximum atomic E-state index is 13.6. The van der Waals surface area contributed by atoms with Crippen LogP contribution in [-0.2, 0) is 26.0 Å². The fraction of sp³-hybridized carbons (Fsp3) is 0.462. The molecule has 2 rings (SSSR count). The van der Waals surface area contributed by atoms with Crippen molar-refractivity contribution >= 4 is 43.5 Å². The van der Waals surface area contributed by atoms with Crippen molar-refractivity contribution in [3.8, 4) is 0 Å². The molecule has 7 nitrogen and oxygen atoms in total. The summed E-state index contributed by atoms with van der Waals surface area (Å²) in [6, 6.07) is 14.2. The minimum Gasteiger partial charge on any atom is -0.354 e. The quantitative estimate of drug-likeness (QED) is 0.419. The van der Waals surface area contributed by atoms with E-state index >= 15 is 0 Å². The van der Waals surface area contributed by atoms with Gasteiger partial charge in [0.15, 0.2) is 0 Å². The molecule has 2 aromatic rings. The maximum absolute atomic E-state index is 13.6. The highest BCUT2D eigenvalue weighted by Crippen LogP contribution is 2.25. The Morgan fingerprint density at radius 1 is 1.09 bits per heavy atom. The van der Waals surface area contributed by atoms with E-state index in [-0.39, 0.29) is 18.4 Å². The van der Waals surface area contributed by atoms with Gasteiger partial charge in [0.25, 0.3) is 0 Å². The van der Waals surface area contributed by atoms with Crippen molar-refractivity contribution in [1.29, 1.82) is 0 Å². The molecule has 2 amide bonds. The highest BCUT2D eigenvalue weighted by Gasteiger charge is 2.31. The first-order chi connectivity index (χ1) is 16.4. The maximum Gasteiger partial charge on any atom is 0.244 e. The Morgan fingerprint density at radius 2 is 1.74 bits per heavy atom. The third-order valence-electron chi connectivity index (χ3n) is 5.66. The first-order valence-electron chi connectivity index (χ1n) is 11.8. The van der Waals surface area contributed by atoms with Crippen LogP contribution in [0.2, 0.25) is 0 Å². The Hall–Kier alpha value is -2.39. The van der Waals surface area contributed by atoms with Gasteiger partial charge < -0.3 is 10.2 Å². The second-order valence-electron chi connectivity index (χ2n) is 9.09. The Balaban J connectivity index is 2.36. The lowest BCUT2D eigenvalue weighted by molar-refractivity contribution is -0.139. The number of hydrogen-bond acceptors (Lipinski definition) is 4. The molecule has 1 N–H and O–H groups in total. The molecule has 0 aliphatic carbocycles. The lowest BCUT2D eigenvalue weighted by Crippen LogP contribution is -2.53. The van der Waals surface area contributed by atoms with Crippen molar-refractivity contribution in [3.63, 3.8) is 0 Å². The number of carbonyl (C=O) groups is 2. The van der Waals surface area contributed by atoms with E-state index in [1.807, 2.05) is 58.0 Å². The van der Waals surface area contributed by atoms with Crippen LogP contribution in [0.1, 0.15) is 38.3 Å². The first-order valence-corrected chi connectivity index (χ1v) is 14.4. The van der Waals surface area contributed by atoms with Gasteiger partial charge in [-0.15, -0.1) is 0 Å². The van der Waals surface area contributed by atoms with Gasteiger partial charge in [-0.05, 0) is 55.0 Å². The van der Waals surface area contributed by atoms with Crippen molar-refractivity contribution < 1.29 is 18.0 Å². The number of benzene rings is 2. The van der Waals surface area contributed by atoms with Crippen molar-refractivity contribution in [2.45, 2.75) is 46.6 Å². The molecule has 0 fully saturated rings. The minimum atomic E-state index is -3.75. The Morgan fingerprint density at radius 3 is 2.29 bits per heavy atom. The first kappa shape index (κ1) is 28.8. The molecule has 0 aliphatic heterocycles. The topological polar surface area (TPSA) is 86.8 Å². The Kier molecular flexibility index (Phi) is 10.8. The molecular weight excluding hydrogens is 530 g/mol. The summed E-state index contributed by atoms with van der Waals surface area (Å²) in [5.74, 6) is -0.377. The van der Waals surface area contributed by atoms with Crippen LogP contribution in [0.5, 0.6) is 0 Å². The van der Waals surface area contributed by atoms with Crippen LogP contribution < -0.4 is 9.62 Å². The number of rotatable bonds is 12. The van der Waals surface area contributed by atoms with E-state index in [0.717, 1.165) is 26.2 Å². The van der Waals surface area contributed by atoms with Crippen LogP contribution in [0.4, 0.5) is 5.69 Å². The van der Waals surface area contributed by atoms with Gasteiger partial charge in [0.2, 0.25) is 21.8 Å². The molecule has 192 valence electrons. The Bertz CT molecular complexity index is 1110. The van der Waals surface area contributed by atoms with Gasteiger partial charge in [-0.25, -0.2) is 8.42 Å². The molecule has 0 bridgehead atoms. The average Bonchev–Trinajstić information content (AvgIpc) is 2.80. The highest BCUT2D eigenvalue weighted by atomic mass is 79.9. The van der Waals surface area contributed by atoms with Crippen molar-refractivity contribution in [2.24, 2.45) is 5.92 Å². The number of nitrogens with zero attached hydrogens (tertiary/aromatic N) is 2. The zero-order valence-corrected chi connectivity index (χ0v) is 23.5. The molecule has 9 heteroatoms. The summed E-state index contributed by atoms with van der Waals surface area (Å²) in [5, 5.41) is 2.93. The number of aryl methyl sites for hydroxylation is 1. The molecule has 1 atom stereocenters. The molecule has 0 aliphatic rings. The lowest BCUT2D eigenvalue weighted by Gasteiger charge is -2.33.